The van der Waals surface area contributed by atoms with Crippen molar-refractivity contribution in [2.45, 2.75) is 17.0 Å². The van der Waals surface area contributed by atoms with E-state index in [1.807, 2.05) is 72.4 Å². The molecule has 0 saturated heterocycles. The van der Waals surface area contributed by atoms with Gasteiger partial charge in [-0.1, -0.05) is 48.2 Å². The molecule has 0 spiro atoms. The second kappa shape index (κ2) is 9.00. The minimum Gasteiger partial charge on any atom is -0.455 e. The Bertz CT molecular complexity index is 1070. The number of benzene rings is 1. The number of aromatic nitrogens is 3. The van der Waals surface area contributed by atoms with Crippen LogP contribution >= 0.6 is 11.8 Å². The van der Waals surface area contributed by atoms with E-state index in [2.05, 4.69) is 9.97 Å². The molecular formula is C23H22N4O2S. The summed E-state index contributed by atoms with van der Waals surface area (Å²) in [6.07, 6.45) is 5.40. The Labute approximate surface area is 179 Å². The highest BCUT2D eigenvalue weighted by Crippen LogP contribution is 2.28. The molecule has 4 aromatic rings. The van der Waals surface area contributed by atoms with Gasteiger partial charge in [0.25, 0.3) is 5.91 Å². The topological polar surface area (TPSA) is 64.2 Å². The van der Waals surface area contributed by atoms with Gasteiger partial charge in [-0.15, -0.1) is 0 Å². The number of imidazole rings is 1. The van der Waals surface area contributed by atoms with Gasteiger partial charge >= 0.3 is 0 Å². The van der Waals surface area contributed by atoms with Gasteiger partial charge in [0.1, 0.15) is 5.76 Å². The Morgan fingerprint density at radius 2 is 1.87 bits per heavy atom. The standard InChI is InChI=1S/C23H22N4O2S/c1-26-15-14-25-23(26)30-16-18-11-12-20(29-18)22(28)27(2)21(17-8-4-3-5-9-17)19-10-6-7-13-24-19/h3-15,21H,16H2,1-2H3. The molecule has 0 bridgehead atoms. The summed E-state index contributed by atoms with van der Waals surface area (Å²) in [6, 6.07) is 18.9. The van der Waals surface area contributed by atoms with Gasteiger partial charge in [-0.05, 0) is 29.8 Å². The summed E-state index contributed by atoms with van der Waals surface area (Å²) >= 11 is 1.56. The van der Waals surface area contributed by atoms with Crippen molar-refractivity contribution >= 4 is 17.7 Å². The molecular weight excluding hydrogens is 396 g/mol. The van der Waals surface area contributed by atoms with Gasteiger partial charge < -0.3 is 13.9 Å². The summed E-state index contributed by atoms with van der Waals surface area (Å²) in [5, 5.41) is 0.899. The number of amides is 1. The van der Waals surface area contributed by atoms with Gasteiger partial charge in [0.2, 0.25) is 0 Å². The van der Waals surface area contributed by atoms with Crippen LogP contribution < -0.4 is 0 Å². The van der Waals surface area contributed by atoms with E-state index in [1.54, 1.807) is 42.2 Å². The molecule has 0 aliphatic rings. The van der Waals surface area contributed by atoms with Crippen molar-refractivity contribution in [3.05, 3.63) is 102 Å². The van der Waals surface area contributed by atoms with Crippen LogP contribution in [0, 0.1) is 0 Å². The van der Waals surface area contributed by atoms with E-state index in [9.17, 15) is 4.79 Å². The fourth-order valence-corrected chi connectivity index (χ4v) is 4.08. The van der Waals surface area contributed by atoms with Crippen LogP contribution in [0.5, 0.6) is 0 Å². The molecule has 1 amide bonds. The molecule has 0 aliphatic carbocycles. The third kappa shape index (κ3) is 4.31. The number of hydrogen-bond acceptors (Lipinski definition) is 5. The van der Waals surface area contributed by atoms with E-state index in [1.165, 1.54) is 0 Å². The number of aryl methyl sites for hydroxylation is 1. The number of furan rings is 1. The van der Waals surface area contributed by atoms with Gasteiger partial charge in [0, 0.05) is 32.7 Å². The fourth-order valence-electron chi connectivity index (χ4n) is 3.25. The van der Waals surface area contributed by atoms with E-state index in [-0.39, 0.29) is 11.9 Å². The molecule has 0 N–H and O–H groups in total. The SMILES string of the molecule is CN(C(=O)c1ccc(CSc2nccn2C)o1)C(c1ccccc1)c1ccccn1. The average Bonchev–Trinajstić information content (AvgIpc) is 3.42. The number of carbonyl (C=O) groups excluding carboxylic acids is 1. The third-order valence-electron chi connectivity index (χ3n) is 4.78. The zero-order valence-corrected chi connectivity index (χ0v) is 17.6. The molecule has 6 nitrogen and oxygen atoms in total. The number of thioether (sulfide) groups is 1. The molecule has 3 heterocycles. The van der Waals surface area contributed by atoms with Crippen LogP contribution in [0.2, 0.25) is 0 Å². The molecule has 0 fully saturated rings. The first kappa shape index (κ1) is 20.0. The number of carbonyl (C=O) groups is 1. The van der Waals surface area contributed by atoms with Crippen LogP contribution in [-0.4, -0.2) is 32.4 Å². The first-order valence-corrected chi connectivity index (χ1v) is 10.5. The molecule has 7 heteroatoms. The van der Waals surface area contributed by atoms with Crippen LogP contribution in [0.15, 0.2) is 88.8 Å². The van der Waals surface area contributed by atoms with Crippen molar-refractivity contribution in [1.82, 2.24) is 19.4 Å². The first-order valence-electron chi connectivity index (χ1n) is 9.55. The number of nitrogens with zero attached hydrogens (tertiary/aromatic N) is 4. The molecule has 1 aromatic carbocycles. The van der Waals surface area contributed by atoms with Crippen molar-refractivity contribution in [1.29, 1.82) is 0 Å². The lowest BCUT2D eigenvalue weighted by Crippen LogP contribution is -2.32. The van der Waals surface area contributed by atoms with Gasteiger partial charge in [0.05, 0.1) is 17.5 Å². The summed E-state index contributed by atoms with van der Waals surface area (Å²) in [7, 11) is 3.72. The molecule has 3 aromatic heterocycles. The normalized spacial score (nSPS) is 11.9. The Hall–Kier alpha value is -3.32. The second-order valence-electron chi connectivity index (χ2n) is 6.86. The Kier molecular flexibility index (Phi) is 5.99. The van der Waals surface area contributed by atoms with E-state index in [4.69, 9.17) is 4.42 Å². The minimum atomic E-state index is -0.310. The molecule has 4 rings (SSSR count). The van der Waals surface area contributed by atoms with Crippen LogP contribution in [-0.2, 0) is 12.8 Å². The van der Waals surface area contributed by atoms with Crippen molar-refractivity contribution in [3.63, 3.8) is 0 Å². The van der Waals surface area contributed by atoms with E-state index < -0.39 is 0 Å². The summed E-state index contributed by atoms with van der Waals surface area (Å²) in [5.74, 6) is 1.45. The molecule has 30 heavy (non-hydrogen) atoms. The Balaban J connectivity index is 1.54. The van der Waals surface area contributed by atoms with Gasteiger partial charge in [-0.3, -0.25) is 9.78 Å². The molecule has 0 saturated carbocycles. The smallest absolute Gasteiger partial charge is 0.290 e. The number of hydrogen-bond donors (Lipinski definition) is 0. The minimum absolute atomic E-state index is 0.192. The highest BCUT2D eigenvalue weighted by molar-refractivity contribution is 7.98. The lowest BCUT2D eigenvalue weighted by Gasteiger charge is -2.27. The largest absolute Gasteiger partial charge is 0.455 e. The third-order valence-corrected chi connectivity index (χ3v) is 5.86. The van der Waals surface area contributed by atoms with E-state index in [0.29, 0.717) is 11.5 Å². The number of rotatable bonds is 7. The van der Waals surface area contributed by atoms with Crippen molar-refractivity contribution < 1.29 is 9.21 Å². The second-order valence-corrected chi connectivity index (χ2v) is 7.80. The van der Waals surface area contributed by atoms with Crippen LogP contribution in [0.4, 0.5) is 0 Å². The quantitative estimate of drug-likeness (QED) is 0.412. The monoisotopic (exact) mass is 418 g/mol. The summed E-state index contributed by atoms with van der Waals surface area (Å²) in [5.41, 5.74) is 1.79. The predicted octanol–water partition coefficient (Wildman–Crippen LogP) is 4.56. The summed E-state index contributed by atoms with van der Waals surface area (Å²) in [4.78, 5) is 23.7. The maximum atomic E-state index is 13.2. The zero-order valence-electron chi connectivity index (χ0n) is 16.8. The number of pyridine rings is 1. The molecule has 1 atom stereocenters. The van der Waals surface area contributed by atoms with E-state index >= 15 is 0 Å². The predicted molar refractivity (Wildman–Crippen MR) is 116 cm³/mol. The maximum absolute atomic E-state index is 13.2. The molecule has 0 aliphatic heterocycles. The lowest BCUT2D eigenvalue weighted by molar-refractivity contribution is 0.0719. The van der Waals surface area contributed by atoms with Crippen molar-refractivity contribution in [2.24, 2.45) is 7.05 Å². The van der Waals surface area contributed by atoms with Gasteiger partial charge in [0.15, 0.2) is 10.9 Å². The highest BCUT2D eigenvalue weighted by Gasteiger charge is 2.27. The molecule has 0 radical (unpaired) electrons. The zero-order chi connectivity index (χ0) is 20.9. The van der Waals surface area contributed by atoms with Gasteiger partial charge in [-0.2, -0.15) is 0 Å². The molecule has 1 unspecified atom stereocenters. The fraction of sp³-hybridized carbons (Fsp3) is 0.174. The lowest BCUT2D eigenvalue weighted by atomic mass is 10.0. The van der Waals surface area contributed by atoms with E-state index in [0.717, 1.165) is 22.2 Å². The first-order chi connectivity index (χ1) is 14.6. The Morgan fingerprint density at radius 3 is 2.57 bits per heavy atom. The van der Waals surface area contributed by atoms with Crippen molar-refractivity contribution in [3.8, 4) is 0 Å². The van der Waals surface area contributed by atoms with Crippen LogP contribution in [0.3, 0.4) is 0 Å². The van der Waals surface area contributed by atoms with Gasteiger partial charge in [-0.25, -0.2) is 4.98 Å². The van der Waals surface area contributed by atoms with Crippen LogP contribution in [0.1, 0.15) is 33.6 Å². The summed E-state index contributed by atoms with van der Waals surface area (Å²) in [6.45, 7) is 0. The van der Waals surface area contributed by atoms with Crippen molar-refractivity contribution in [2.75, 3.05) is 7.05 Å². The Morgan fingerprint density at radius 1 is 1.07 bits per heavy atom. The maximum Gasteiger partial charge on any atom is 0.290 e. The summed E-state index contributed by atoms with van der Waals surface area (Å²) < 4.78 is 7.81. The highest BCUT2D eigenvalue weighted by atomic mass is 32.2. The molecule has 152 valence electrons. The van der Waals surface area contributed by atoms with Crippen LogP contribution in [0.25, 0.3) is 0 Å². The average molecular weight is 419 g/mol.